The quantitative estimate of drug-likeness (QED) is 0.714. The standard InChI is InChI=1S/C25H29N3O/c1-19-8-3-6-13-24(19)28-16-14-27(15-17-28)18-25(29)26-20(2)22-12-7-10-21-9-4-5-11-23(21)22/h3-13,20H,14-18H2,1-2H3,(H,26,29)/t20-/m0/s1. The third kappa shape index (κ3) is 4.43. The lowest BCUT2D eigenvalue weighted by molar-refractivity contribution is -0.123. The van der Waals surface area contributed by atoms with Crippen molar-refractivity contribution in [1.82, 2.24) is 10.2 Å². The average molecular weight is 388 g/mol. The molecule has 1 amide bonds. The predicted octanol–water partition coefficient (Wildman–Crippen LogP) is 4.15. The zero-order chi connectivity index (χ0) is 20.2. The minimum Gasteiger partial charge on any atom is -0.369 e. The Labute approximate surface area is 173 Å². The van der Waals surface area contributed by atoms with E-state index in [1.807, 2.05) is 12.1 Å². The molecule has 29 heavy (non-hydrogen) atoms. The van der Waals surface area contributed by atoms with Gasteiger partial charge < -0.3 is 10.2 Å². The molecule has 1 N–H and O–H groups in total. The molecule has 0 spiro atoms. The monoisotopic (exact) mass is 387 g/mol. The lowest BCUT2D eigenvalue weighted by atomic mass is 10.00. The van der Waals surface area contributed by atoms with Crippen LogP contribution < -0.4 is 10.2 Å². The molecular formula is C25H29N3O. The highest BCUT2D eigenvalue weighted by Crippen LogP contribution is 2.24. The zero-order valence-corrected chi connectivity index (χ0v) is 17.3. The summed E-state index contributed by atoms with van der Waals surface area (Å²) in [5.74, 6) is 0.0924. The highest BCUT2D eigenvalue weighted by molar-refractivity contribution is 5.87. The van der Waals surface area contributed by atoms with Gasteiger partial charge in [0.05, 0.1) is 12.6 Å². The molecule has 1 saturated heterocycles. The number of piperazine rings is 1. The van der Waals surface area contributed by atoms with Crippen molar-refractivity contribution in [2.45, 2.75) is 19.9 Å². The van der Waals surface area contributed by atoms with Crippen LogP contribution in [0.1, 0.15) is 24.1 Å². The fourth-order valence-electron chi connectivity index (χ4n) is 4.26. The number of nitrogens with one attached hydrogen (secondary N) is 1. The summed E-state index contributed by atoms with van der Waals surface area (Å²) in [6.45, 7) is 8.40. The predicted molar refractivity (Wildman–Crippen MR) is 120 cm³/mol. The molecule has 1 atom stereocenters. The second-order valence-corrected chi connectivity index (χ2v) is 7.91. The van der Waals surface area contributed by atoms with Gasteiger partial charge >= 0.3 is 0 Å². The van der Waals surface area contributed by atoms with Crippen molar-refractivity contribution in [2.24, 2.45) is 0 Å². The number of aryl methyl sites for hydroxylation is 1. The van der Waals surface area contributed by atoms with E-state index in [4.69, 9.17) is 0 Å². The molecule has 0 aliphatic carbocycles. The van der Waals surface area contributed by atoms with Crippen LogP contribution in [0.15, 0.2) is 66.7 Å². The zero-order valence-electron chi connectivity index (χ0n) is 17.3. The number of benzene rings is 3. The highest BCUT2D eigenvalue weighted by atomic mass is 16.2. The SMILES string of the molecule is Cc1ccccc1N1CCN(CC(=O)N[C@@H](C)c2cccc3ccccc23)CC1. The van der Waals surface area contributed by atoms with E-state index in [1.54, 1.807) is 0 Å². The van der Waals surface area contributed by atoms with E-state index >= 15 is 0 Å². The molecule has 4 nitrogen and oxygen atoms in total. The third-order valence-corrected chi connectivity index (χ3v) is 5.86. The number of hydrogen-bond donors (Lipinski definition) is 1. The molecule has 0 unspecified atom stereocenters. The van der Waals surface area contributed by atoms with Gasteiger partial charge in [-0.3, -0.25) is 9.69 Å². The van der Waals surface area contributed by atoms with Gasteiger partial charge in [-0.2, -0.15) is 0 Å². The van der Waals surface area contributed by atoms with Gasteiger partial charge in [0.2, 0.25) is 5.91 Å². The fraction of sp³-hybridized carbons (Fsp3) is 0.320. The number of carbonyl (C=O) groups excluding carboxylic acids is 1. The molecule has 3 aromatic carbocycles. The van der Waals surface area contributed by atoms with Crippen LogP contribution in [-0.4, -0.2) is 43.5 Å². The molecule has 150 valence electrons. The van der Waals surface area contributed by atoms with E-state index in [1.165, 1.54) is 27.6 Å². The first-order chi connectivity index (χ1) is 14.1. The molecule has 0 saturated carbocycles. The Morgan fingerprint density at radius 2 is 1.62 bits per heavy atom. The van der Waals surface area contributed by atoms with Crippen LogP contribution in [-0.2, 0) is 4.79 Å². The van der Waals surface area contributed by atoms with Crippen LogP contribution in [0.5, 0.6) is 0 Å². The molecule has 4 heteroatoms. The molecule has 3 aromatic rings. The first kappa shape index (κ1) is 19.5. The van der Waals surface area contributed by atoms with Crippen LogP contribution >= 0.6 is 0 Å². The van der Waals surface area contributed by atoms with E-state index in [0.29, 0.717) is 6.54 Å². The summed E-state index contributed by atoms with van der Waals surface area (Å²) in [6.07, 6.45) is 0. The van der Waals surface area contributed by atoms with Gasteiger partial charge in [0, 0.05) is 31.9 Å². The van der Waals surface area contributed by atoms with Crippen molar-refractivity contribution in [3.8, 4) is 0 Å². The largest absolute Gasteiger partial charge is 0.369 e. The van der Waals surface area contributed by atoms with Crippen LogP contribution in [0.3, 0.4) is 0 Å². The lowest BCUT2D eigenvalue weighted by Gasteiger charge is -2.36. The second kappa shape index (κ2) is 8.66. The topological polar surface area (TPSA) is 35.6 Å². The fourth-order valence-corrected chi connectivity index (χ4v) is 4.26. The first-order valence-corrected chi connectivity index (χ1v) is 10.4. The van der Waals surface area contributed by atoms with E-state index in [9.17, 15) is 4.79 Å². The van der Waals surface area contributed by atoms with Gasteiger partial charge in [-0.05, 0) is 41.8 Å². The number of fused-ring (bicyclic) bond motifs is 1. The Bertz CT molecular complexity index is 987. The van der Waals surface area contributed by atoms with Crippen LogP contribution in [0.4, 0.5) is 5.69 Å². The number of rotatable bonds is 5. The molecule has 1 aliphatic rings. The van der Waals surface area contributed by atoms with Crippen LogP contribution in [0.25, 0.3) is 10.8 Å². The average Bonchev–Trinajstić information content (AvgIpc) is 2.74. The summed E-state index contributed by atoms with van der Waals surface area (Å²) < 4.78 is 0. The van der Waals surface area contributed by atoms with Gasteiger partial charge in [0.1, 0.15) is 0 Å². The Kier molecular flexibility index (Phi) is 5.81. The van der Waals surface area contributed by atoms with E-state index in [0.717, 1.165) is 26.2 Å². The van der Waals surface area contributed by atoms with Crippen molar-refractivity contribution < 1.29 is 4.79 Å². The molecule has 0 radical (unpaired) electrons. The molecule has 1 aliphatic heterocycles. The maximum atomic E-state index is 12.7. The van der Waals surface area contributed by atoms with Crippen LogP contribution in [0.2, 0.25) is 0 Å². The van der Waals surface area contributed by atoms with Crippen molar-refractivity contribution in [2.75, 3.05) is 37.6 Å². The van der Waals surface area contributed by atoms with Gasteiger partial charge in [-0.15, -0.1) is 0 Å². The molecule has 1 heterocycles. The van der Waals surface area contributed by atoms with Gasteiger partial charge in [0.25, 0.3) is 0 Å². The van der Waals surface area contributed by atoms with E-state index in [2.05, 4.69) is 83.6 Å². The van der Waals surface area contributed by atoms with Crippen molar-refractivity contribution in [3.05, 3.63) is 77.9 Å². The normalized spacial score (nSPS) is 16.0. The lowest BCUT2D eigenvalue weighted by Crippen LogP contribution is -2.49. The molecule has 0 bridgehead atoms. The molecule has 4 rings (SSSR count). The molecular weight excluding hydrogens is 358 g/mol. The number of nitrogens with zero attached hydrogens (tertiary/aromatic N) is 2. The summed E-state index contributed by atoms with van der Waals surface area (Å²) >= 11 is 0. The number of para-hydroxylation sites is 1. The Morgan fingerprint density at radius 1 is 0.931 bits per heavy atom. The van der Waals surface area contributed by atoms with Gasteiger partial charge in [-0.25, -0.2) is 0 Å². The first-order valence-electron chi connectivity index (χ1n) is 10.4. The Morgan fingerprint density at radius 3 is 2.41 bits per heavy atom. The summed E-state index contributed by atoms with van der Waals surface area (Å²) in [4.78, 5) is 17.3. The second-order valence-electron chi connectivity index (χ2n) is 7.91. The third-order valence-electron chi connectivity index (χ3n) is 5.86. The summed E-state index contributed by atoms with van der Waals surface area (Å²) in [5.41, 5.74) is 3.78. The molecule has 0 aromatic heterocycles. The van der Waals surface area contributed by atoms with Gasteiger partial charge in [0.15, 0.2) is 0 Å². The minimum atomic E-state index is -0.0122. The van der Waals surface area contributed by atoms with Gasteiger partial charge in [-0.1, -0.05) is 60.7 Å². The van der Waals surface area contributed by atoms with Crippen molar-refractivity contribution >= 4 is 22.4 Å². The number of carbonyl (C=O) groups is 1. The van der Waals surface area contributed by atoms with Crippen LogP contribution in [0, 0.1) is 6.92 Å². The number of amides is 1. The van der Waals surface area contributed by atoms with E-state index in [-0.39, 0.29) is 11.9 Å². The van der Waals surface area contributed by atoms with Crippen molar-refractivity contribution in [1.29, 1.82) is 0 Å². The number of anilines is 1. The summed E-state index contributed by atoms with van der Waals surface area (Å²) in [7, 11) is 0. The Balaban J connectivity index is 1.33. The highest BCUT2D eigenvalue weighted by Gasteiger charge is 2.21. The maximum Gasteiger partial charge on any atom is 0.234 e. The minimum absolute atomic E-state index is 0.0122. The summed E-state index contributed by atoms with van der Waals surface area (Å²) in [5, 5.41) is 5.60. The molecule has 1 fully saturated rings. The smallest absolute Gasteiger partial charge is 0.234 e. The Hall–Kier alpha value is -2.85. The number of hydrogen-bond acceptors (Lipinski definition) is 3. The van der Waals surface area contributed by atoms with Crippen molar-refractivity contribution in [3.63, 3.8) is 0 Å². The van der Waals surface area contributed by atoms with E-state index < -0.39 is 0 Å². The maximum absolute atomic E-state index is 12.7. The summed E-state index contributed by atoms with van der Waals surface area (Å²) in [6, 6.07) is 23.1.